The van der Waals surface area contributed by atoms with E-state index in [4.69, 9.17) is 23.2 Å². The Balaban J connectivity index is 1.71. The molecule has 1 atom stereocenters. The minimum absolute atomic E-state index is 0.00389. The van der Waals surface area contributed by atoms with Crippen LogP contribution >= 0.6 is 45.9 Å². The number of carbonyl (C=O) groups is 3. The number of nitrogens with zero attached hydrogens (tertiary/aromatic N) is 1. The first-order valence-corrected chi connectivity index (χ1v) is 13.0. The Hall–Kier alpha value is -2.92. The van der Waals surface area contributed by atoms with E-state index in [0.29, 0.717) is 31.8 Å². The molecule has 0 aliphatic rings. The van der Waals surface area contributed by atoms with Crippen molar-refractivity contribution in [1.82, 2.24) is 10.7 Å². The number of aromatic hydroxyl groups is 1. The van der Waals surface area contributed by atoms with E-state index >= 15 is 0 Å². The SMILES string of the molecule is CC(=NNC(=O)c1ccc(C(=O)NC(C(=O)O)C(C)(C)C)s1)c1csc(-c2ccc(Cl)c(Cl)c2)c1O. The van der Waals surface area contributed by atoms with Crippen LogP contribution in [-0.2, 0) is 4.79 Å². The van der Waals surface area contributed by atoms with E-state index in [-0.39, 0.29) is 15.5 Å². The number of carbonyl (C=O) groups excluding carboxylic acids is 2. The number of hydrogen-bond donors (Lipinski definition) is 4. The van der Waals surface area contributed by atoms with Crippen LogP contribution in [0.2, 0.25) is 10.0 Å². The van der Waals surface area contributed by atoms with E-state index in [1.54, 1.807) is 51.3 Å². The van der Waals surface area contributed by atoms with Crippen molar-refractivity contribution in [1.29, 1.82) is 0 Å². The van der Waals surface area contributed by atoms with Gasteiger partial charge in [-0.15, -0.1) is 22.7 Å². The third-order valence-electron chi connectivity index (χ3n) is 5.10. The van der Waals surface area contributed by atoms with E-state index < -0.39 is 29.2 Å². The van der Waals surface area contributed by atoms with Gasteiger partial charge in [-0.05, 0) is 42.2 Å². The molecule has 0 saturated heterocycles. The van der Waals surface area contributed by atoms with Crippen LogP contribution < -0.4 is 10.7 Å². The summed E-state index contributed by atoms with van der Waals surface area (Å²) in [4.78, 5) is 37.6. The molecule has 2 amide bonds. The number of carboxylic acids is 1. The van der Waals surface area contributed by atoms with Gasteiger partial charge in [-0.3, -0.25) is 9.59 Å². The van der Waals surface area contributed by atoms with Crippen molar-refractivity contribution in [3.05, 3.63) is 61.1 Å². The second-order valence-corrected chi connectivity index (χ2v) is 11.6. The Morgan fingerprint density at radius 2 is 1.67 bits per heavy atom. The highest BCUT2D eigenvalue weighted by Crippen LogP contribution is 2.40. The van der Waals surface area contributed by atoms with E-state index in [1.807, 2.05) is 0 Å². The number of rotatable bonds is 7. The van der Waals surface area contributed by atoms with E-state index in [2.05, 4.69) is 15.8 Å². The number of hydrazone groups is 1. The number of hydrogen-bond acceptors (Lipinski definition) is 7. The molecule has 1 aromatic carbocycles. The predicted octanol–water partition coefficient (Wildman–Crippen LogP) is 5.87. The van der Waals surface area contributed by atoms with Crippen LogP contribution in [0, 0.1) is 5.41 Å². The molecule has 8 nitrogen and oxygen atoms in total. The lowest BCUT2D eigenvalue weighted by molar-refractivity contribution is -0.142. The standard InChI is InChI=1S/C24H23Cl2N3O5S2/c1-11(13-10-35-19(18(13)30)12-5-6-14(25)15(26)9-12)28-29-22(32)17-8-7-16(36-17)21(31)27-20(23(33)34)24(2,3)4/h5-10,20,30H,1-4H3,(H,27,31)(H,29,32)(H,33,34). The summed E-state index contributed by atoms with van der Waals surface area (Å²) in [5, 5.41) is 29.1. The normalized spacial score (nSPS) is 12.8. The molecule has 0 spiro atoms. The van der Waals surface area contributed by atoms with Crippen molar-refractivity contribution >= 4 is 69.4 Å². The van der Waals surface area contributed by atoms with Crippen LogP contribution in [0.1, 0.15) is 52.6 Å². The van der Waals surface area contributed by atoms with Gasteiger partial charge in [0.25, 0.3) is 11.8 Å². The molecule has 3 rings (SSSR count). The molecule has 36 heavy (non-hydrogen) atoms. The zero-order valence-corrected chi connectivity index (χ0v) is 22.8. The van der Waals surface area contributed by atoms with Gasteiger partial charge in [0.2, 0.25) is 0 Å². The van der Waals surface area contributed by atoms with Gasteiger partial charge in [0.05, 0.1) is 36.0 Å². The highest BCUT2D eigenvalue weighted by molar-refractivity contribution is 7.16. The highest BCUT2D eigenvalue weighted by atomic mass is 35.5. The number of nitrogens with one attached hydrogen (secondary N) is 2. The van der Waals surface area contributed by atoms with Crippen LogP contribution in [0.5, 0.6) is 5.75 Å². The third kappa shape index (κ3) is 6.25. The zero-order valence-electron chi connectivity index (χ0n) is 19.7. The summed E-state index contributed by atoms with van der Waals surface area (Å²) >= 11 is 14.2. The van der Waals surface area contributed by atoms with Gasteiger partial charge in [-0.25, -0.2) is 10.2 Å². The van der Waals surface area contributed by atoms with Gasteiger partial charge >= 0.3 is 5.97 Å². The molecule has 0 bridgehead atoms. The van der Waals surface area contributed by atoms with Crippen molar-refractivity contribution in [3.8, 4) is 16.2 Å². The molecule has 3 aromatic rings. The lowest BCUT2D eigenvalue weighted by Crippen LogP contribution is -2.48. The quantitative estimate of drug-likeness (QED) is 0.209. The van der Waals surface area contributed by atoms with Crippen molar-refractivity contribution in [2.24, 2.45) is 10.5 Å². The molecule has 190 valence electrons. The van der Waals surface area contributed by atoms with Gasteiger partial charge in [0, 0.05) is 5.38 Å². The first-order chi connectivity index (χ1) is 16.8. The number of halogens is 2. The Bertz CT molecular complexity index is 1360. The van der Waals surface area contributed by atoms with Crippen molar-refractivity contribution in [2.45, 2.75) is 33.7 Å². The fourth-order valence-corrected chi connectivity index (χ4v) is 5.23. The predicted molar refractivity (Wildman–Crippen MR) is 144 cm³/mol. The van der Waals surface area contributed by atoms with Gasteiger partial charge in [-0.1, -0.05) is 50.0 Å². The molecule has 1 unspecified atom stereocenters. The third-order valence-corrected chi connectivity index (χ3v) is 7.94. The lowest BCUT2D eigenvalue weighted by Gasteiger charge is -2.27. The smallest absolute Gasteiger partial charge is 0.326 e. The summed E-state index contributed by atoms with van der Waals surface area (Å²) in [6.07, 6.45) is 0. The molecule has 4 N–H and O–H groups in total. The Labute approximate surface area is 225 Å². The monoisotopic (exact) mass is 567 g/mol. The number of carboxylic acid groups (broad SMARTS) is 1. The zero-order chi connectivity index (χ0) is 26.8. The topological polar surface area (TPSA) is 128 Å². The average molecular weight is 569 g/mol. The van der Waals surface area contributed by atoms with Crippen LogP contribution in [0.25, 0.3) is 10.4 Å². The first kappa shape index (κ1) is 27.7. The largest absolute Gasteiger partial charge is 0.506 e. The number of thiophene rings is 2. The summed E-state index contributed by atoms with van der Waals surface area (Å²) in [5.41, 5.74) is 3.22. The first-order valence-electron chi connectivity index (χ1n) is 10.5. The van der Waals surface area contributed by atoms with Crippen molar-refractivity contribution in [3.63, 3.8) is 0 Å². The maximum atomic E-state index is 12.6. The van der Waals surface area contributed by atoms with Gasteiger partial charge in [0.15, 0.2) is 0 Å². The molecule has 0 saturated carbocycles. The minimum Gasteiger partial charge on any atom is -0.506 e. The van der Waals surface area contributed by atoms with E-state index in [9.17, 15) is 24.6 Å². The fourth-order valence-electron chi connectivity index (χ4n) is 3.13. The molecule has 0 radical (unpaired) electrons. The number of amides is 2. The van der Waals surface area contributed by atoms with Crippen LogP contribution in [-0.4, -0.2) is 39.8 Å². The molecule has 0 aliphatic carbocycles. The van der Waals surface area contributed by atoms with Gasteiger partial charge < -0.3 is 15.5 Å². The van der Waals surface area contributed by atoms with Crippen LogP contribution in [0.3, 0.4) is 0 Å². The Kier molecular flexibility index (Phi) is 8.45. The molecule has 2 heterocycles. The van der Waals surface area contributed by atoms with Gasteiger partial charge in [-0.2, -0.15) is 5.10 Å². The number of aliphatic carboxylic acids is 1. The van der Waals surface area contributed by atoms with Gasteiger partial charge in [0.1, 0.15) is 11.8 Å². The molecule has 0 aliphatic heterocycles. The minimum atomic E-state index is -1.14. The molecular weight excluding hydrogens is 545 g/mol. The molecular formula is C24H23Cl2N3O5S2. The summed E-state index contributed by atoms with van der Waals surface area (Å²) in [6.45, 7) is 6.75. The summed E-state index contributed by atoms with van der Waals surface area (Å²) < 4.78 is 0. The van der Waals surface area contributed by atoms with E-state index in [1.165, 1.54) is 23.5 Å². The lowest BCUT2D eigenvalue weighted by atomic mass is 9.87. The summed E-state index contributed by atoms with van der Waals surface area (Å²) in [7, 11) is 0. The highest BCUT2D eigenvalue weighted by Gasteiger charge is 2.33. The molecule has 2 aromatic heterocycles. The van der Waals surface area contributed by atoms with Crippen molar-refractivity contribution in [2.75, 3.05) is 0 Å². The second-order valence-electron chi connectivity index (χ2n) is 8.87. The Morgan fingerprint density at radius 3 is 2.25 bits per heavy atom. The summed E-state index contributed by atoms with van der Waals surface area (Å²) in [5.74, 6) is -2.28. The maximum Gasteiger partial charge on any atom is 0.326 e. The van der Waals surface area contributed by atoms with Crippen molar-refractivity contribution < 1.29 is 24.6 Å². The van der Waals surface area contributed by atoms with E-state index in [0.717, 1.165) is 11.3 Å². The van der Waals surface area contributed by atoms with Crippen LogP contribution in [0.15, 0.2) is 40.8 Å². The van der Waals surface area contributed by atoms with Crippen LogP contribution in [0.4, 0.5) is 0 Å². The second kappa shape index (κ2) is 11.0. The molecule has 0 fully saturated rings. The average Bonchev–Trinajstić information content (AvgIpc) is 3.44. The summed E-state index contributed by atoms with van der Waals surface area (Å²) in [6, 6.07) is 6.84. The Morgan fingerprint density at radius 1 is 1.03 bits per heavy atom. The maximum absolute atomic E-state index is 12.6. The molecule has 12 heteroatoms. The fraction of sp³-hybridized carbons (Fsp3) is 0.250. The number of benzene rings is 1.